The van der Waals surface area contributed by atoms with Crippen LogP contribution in [0.5, 0.6) is 17.2 Å². The van der Waals surface area contributed by atoms with Crippen LogP contribution in [0.4, 0.5) is 0 Å². The Morgan fingerprint density at radius 1 is 1.00 bits per heavy atom. The molecule has 0 aliphatic carbocycles. The number of nitrogens with zero attached hydrogens (tertiary/aromatic N) is 1. The predicted molar refractivity (Wildman–Crippen MR) is 113 cm³/mol. The molecule has 0 radical (unpaired) electrons. The molecular weight excluding hydrogens is 406 g/mol. The number of hydrogen-bond acceptors (Lipinski definition) is 6. The van der Waals surface area contributed by atoms with Crippen LogP contribution in [0, 0.1) is 0 Å². The number of benzene rings is 2. The van der Waals surface area contributed by atoms with Gasteiger partial charge in [0, 0.05) is 19.5 Å². The van der Waals surface area contributed by atoms with Crippen molar-refractivity contribution in [2.45, 2.75) is 29.4 Å². The van der Waals surface area contributed by atoms with Crippen molar-refractivity contribution in [1.29, 1.82) is 0 Å². The second-order valence-corrected chi connectivity index (χ2v) is 9.33. The number of likely N-dealkylation sites (tertiary alicyclic amines) is 1. The second kappa shape index (κ2) is 9.38. The molecule has 1 saturated heterocycles. The zero-order chi connectivity index (χ0) is 21.7. The first kappa shape index (κ1) is 22.0. The molecule has 0 bridgehead atoms. The lowest BCUT2D eigenvalue weighted by Gasteiger charge is -2.18. The van der Waals surface area contributed by atoms with Crippen molar-refractivity contribution in [3.8, 4) is 17.2 Å². The number of carbonyl (C=O) groups excluding carboxylic acids is 1. The van der Waals surface area contributed by atoms with Crippen molar-refractivity contribution in [1.82, 2.24) is 4.90 Å². The van der Waals surface area contributed by atoms with E-state index in [0.29, 0.717) is 41.5 Å². The Morgan fingerprint density at radius 2 is 1.70 bits per heavy atom. The van der Waals surface area contributed by atoms with Gasteiger partial charge in [-0.15, -0.1) is 0 Å². The van der Waals surface area contributed by atoms with Crippen molar-refractivity contribution in [2.75, 3.05) is 34.4 Å². The van der Waals surface area contributed by atoms with Gasteiger partial charge >= 0.3 is 0 Å². The first-order chi connectivity index (χ1) is 14.4. The van der Waals surface area contributed by atoms with Gasteiger partial charge in [-0.25, -0.2) is 8.42 Å². The molecule has 162 valence electrons. The van der Waals surface area contributed by atoms with Crippen molar-refractivity contribution >= 4 is 15.7 Å². The molecule has 0 N–H and O–H groups in total. The van der Waals surface area contributed by atoms with E-state index in [1.807, 2.05) is 6.07 Å². The van der Waals surface area contributed by atoms with Crippen LogP contribution < -0.4 is 14.2 Å². The quantitative estimate of drug-likeness (QED) is 0.637. The molecule has 1 unspecified atom stereocenters. The summed E-state index contributed by atoms with van der Waals surface area (Å²) in [6.07, 6.45) is 1.15. The zero-order valence-electron chi connectivity index (χ0n) is 17.5. The second-order valence-electron chi connectivity index (χ2n) is 7.10. The number of rotatable bonds is 8. The predicted octanol–water partition coefficient (Wildman–Crippen LogP) is 2.72. The average Bonchev–Trinajstić information content (AvgIpc) is 3.28. The van der Waals surface area contributed by atoms with E-state index < -0.39 is 15.1 Å². The largest absolute Gasteiger partial charge is 0.493 e. The highest BCUT2D eigenvalue weighted by molar-refractivity contribution is 7.92. The summed E-state index contributed by atoms with van der Waals surface area (Å²) in [4.78, 5) is 14.7. The smallest absolute Gasteiger partial charge is 0.222 e. The molecule has 2 aromatic carbocycles. The summed E-state index contributed by atoms with van der Waals surface area (Å²) in [7, 11) is 1.18. The molecule has 8 heteroatoms. The van der Waals surface area contributed by atoms with Gasteiger partial charge in [-0.2, -0.15) is 0 Å². The van der Waals surface area contributed by atoms with Crippen molar-refractivity contribution in [3.05, 3.63) is 48.0 Å². The summed E-state index contributed by atoms with van der Waals surface area (Å²) in [5.74, 6) is 1.51. The fraction of sp³-hybridized carbons (Fsp3) is 0.409. The van der Waals surface area contributed by atoms with Crippen molar-refractivity contribution in [3.63, 3.8) is 0 Å². The summed E-state index contributed by atoms with van der Waals surface area (Å²) in [6.45, 7) is 0.664. The van der Waals surface area contributed by atoms with E-state index in [2.05, 4.69) is 0 Å². The topological polar surface area (TPSA) is 82.1 Å². The van der Waals surface area contributed by atoms with Crippen LogP contribution in [-0.2, 0) is 21.1 Å². The highest BCUT2D eigenvalue weighted by Gasteiger charge is 2.35. The molecule has 1 aliphatic rings. The lowest BCUT2D eigenvalue weighted by Crippen LogP contribution is -2.32. The fourth-order valence-electron chi connectivity index (χ4n) is 3.77. The molecule has 3 rings (SSSR count). The number of aryl methyl sites for hydroxylation is 1. The molecule has 30 heavy (non-hydrogen) atoms. The maximum atomic E-state index is 12.8. The maximum absolute atomic E-state index is 12.8. The molecule has 1 heterocycles. The van der Waals surface area contributed by atoms with Gasteiger partial charge in [0.2, 0.25) is 11.7 Å². The molecule has 0 saturated carbocycles. The van der Waals surface area contributed by atoms with Crippen LogP contribution in [0.1, 0.15) is 18.4 Å². The first-order valence-electron chi connectivity index (χ1n) is 9.77. The molecule has 0 spiro atoms. The highest BCUT2D eigenvalue weighted by Crippen LogP contribution is 2.40. The molecule has 1 atom stereocenters. The van der Waals surface area contributed by atoms with Crippen LogP contribution >= 0.6 is 0 Å². The third-order valence-corrected chi connectivity index (χ3v) is 7.59. The number of hydrogen-bond donors (Lipinski definition) is 0. The Kier molecular flexibility index (Phi) is 6.87. The Balaban J connectivity index is 1.66. The molecule has 1 aliphatic heterocycles. The Bertz CT molecular complexity index is 990. The van der Waals surface area contributed by atoms with E-state index >= 15 is 0 Å². The lowest BCUT2D eigenvalue weighted by molar-refractivity contribution is -0.130. The number of amides is 1. The lowest BCUT2D eigenvalue weighted by atomic mass is 10.1. The monoisotopic (exact) mass is 433 g/mol. The molecule has 7 nitrogen and oxygen atoms in total. The van der Waals surface area contributed by atoms with Gasteiger partial charge in [0.1, 0.15) is 0 Å². The molecule has 1 amide bonds. The van der Waals surface area contributed by atoms with Gasteiger partial charge in [0.25, 0.3) is 0 Å². The van der Waals surface area contributed by atoms with Crippen LogP contribution in [0.25, 0.3) is 0 Å². The van der Waals surface area contributed by atoms with Gasteiger partial charge in [-0.05, 0) is 36.6 Å². The SMILES string of the molecule is COc1ccc(CCC(=O)N2CCC(S(=O)(=O)c3ccccc3)C2)c(OC)c1OC. The summed E-state index contributed by atoms with van der Waals surface area (Å²) in [5, 5.41) is -0.570. The zero-order valence-corrected chi connectivity index (χ0v) is 18.3. The third-order valence-electron chi connectivity index (χ3n) is 5.40. The number of ether oxygens (including phenoxy) is 3. The summed E-state index contributed by atoms with van der Waals surface area (Å²) in [6, 6.07) is 12.0. The normalized spacial score (nSPS) is 16.4. The van der Waals surface area contributed by atoms with Gasteiger partial charge in [-0.1, -0.05) is 24.3 Å². The van der Waals surface area contributed by atoms with Crippen LogP contribution in [0.3, 0.4) is 0 Å². The Hall–Kier alpha value is -2.74. The molecular formula is C22H27NO6S. The average molecular weight is 434 g/mol. The van der Waals surface area contributed by atoms with Gasteiger partial charge in [-0.3, -0.25) is 4.79 Å². The minimum Gasteiger partial charge on any atom is -0.493 e. The Labute approximate surface area is 177 Å². The number of sulfone groups is 1. The first-order valence-corrected chi connectivity index (χ1v) is 11.3. The summed E-state index contributed by atoms with van der Waals surface area (Å²) < 4.78 is 41.8. The number of carbonyl (C=O) groups is 1. The molecule has 0 aromatic heterocycles. The van der Waals surface area contributed by atoms with E-state index in [1.165, 1.54) is 7.11 Å². The molecule has 1 fully saturated rings. The summed E-state index contributed by atoms with van der Waals surface area (Å²) in [5.41, 5.74) is 0.830. The van der Waals surface area contributed by atoms with Gasteiger partial charge in [0.15, 0.2) is 21.3 Å². The number of methoxy groups -OCH3 is 3. The minimum atomic E-state index is -3.44. The van der Waals surface area contributed by atoms with E-state index in [4.69, 9.17) is 14.2 Å². The van der Waals surface area contributed by atoms with Crippen molar-refractivity contribution in [2.24, 2.45) is 0 Å². The van der Waals surface area contributed by atoms with E-state index in [-0.39, 0.29) is 18.9 Å². The Morgan fingerprint density at radius 3 is 2.33 bits per heavy atom. The maximum Gasteiger partial charge on any atom is 0.222 e. The highest BCUT2D eigenvalue weighted by atomic mass is 32.2. The van der Waals surface area contributed by atoms with E-state index in [9.17, 15) is 13.2 Å². The fourth-order valence-corrected chi connectivity index (χ4v) is 5.48. The van der Waals surface area contributed by atoms with E-state index in [1.54, 1.807) is 55.5 Å². The van der Waals surface area contributed by atoms with Gasteiger partial charge < -0.3 is 19.1 Å². The third kappa shape index (κ3) is 4.38. The minimum absolute atomic E-state index is 0.0717. The summed E-state index contributed by atoms with van der Waals surface area (Å²) >= 11 is 0. The van der Waals surface area contributed by atoms with Gasteiger partial charge in [0.05, 0.1) is 31.5 Å². The standard InChI is InChI=1S/C22H27NO6S/c1-27-19-11-9-16(21(28-2)22(19)29-3)10-12-20(24)23-14-13-18(15-23)30(25,26)17-7-5-4-6-8-17/h4-9,11,18H,10,12-15H2,1-3H3. The van der Waals surface area contributed by atoms with E-state index in [0.717, 1.165) is 5.56 Å². The molecule has 2 aromatic rings. The van der Waals surface area contributed by atoms with Crippen LogP contribution in [-0.4, -0.2) is 58.9 Å². The van der Waals surface area contributed by atoms with Crippen LogP contribution in [0.2, 0.25) is 0 Å². The van der Waals surface area contributed by atoms with Crippen molar-refractivity contribution < 1.29 is 27.4 Å². The van der Waals surface area contributed by atoms with Crippen LogP contribution in [0.15, 0.2) is 47.4 Å².